The predicted molar refractivity (Wildman–Crippen MR) is 49.7 cm³/mol. The van der Waals surface area contributed by atoms with Gasteiger partial charge in [0.2, 0.25) is 0 Å². The van der Waals surface area contributed by atoms with Crippen molar-refractivity contribution in [2.24, 2.45) is 0 Å². The number of nitriles is 1. The molecular formula is C9H6F3NOS. The summed E-state index contributed by atoms with van der Waals surface area (Å²) in [4.78, 5) is 0.304. The van der Waals surface area contributed by atoms with Gasteiger partial charge in [0.25, 0.3) is 0 Å². The van der Waals surface area contributed by atoms with E-state index in [-0.39, 0.29) is 17.7 Å². The first kappa shape index (κ1) is 11.7. The minimum absolute atomic E-state index is 0.139. The Morgan fingerprint density at radius 2 is 2.07 bits per heavy atom. The van der Waals surface area contributed by atoms with Crippen molar-refractivity contribution in [3.8, 4) is 11.8 Å². The number of hydrogen-bond acceptors (Lipinski definition) is 3. The molecule has 1 aromatic carbocycles. The smallest absolute Gasteiger partial charge is 0.405 e. The van der Waals surface area contributed by atoms with Gasteiger partial charge < -0.3 is 4.74 Å². The van der Waals surface area contributed by atoms with Gasteiger partial charge in [0.05, 0.1) is 12.5 Å². The first-order valence-corrected chi connectivity index (χ1v) is 4.32. The molecule has 0 unspecified atom stereocenters. The van der Waals surface area contributed by atoms with E-state index in [4.69, 9.17) is 5.26 Å². The van der Waals surface area contributed by atoms with Crippen molar-refractivity contribution in [2.75, 3.05) is 0 Å². The normalized spacial score (nSPS) is 10.9. The fourth-order valence-electron chi connectivity index (χ4n) is 1.03. The minimum atomic E-state index is -4.76. The van der Waals surface area contributed by atoms with Crippen LogP contribution in [0.3, 0.4) is 0 Å². The van der Waals surface area contributed by atoms with Crippen molar-refractivity contribution in [3.63, 3.8) is 0 Å². The summed E-state index contributed by atoms with van der Waals surface area (Å²) in [5, 5.41) is 8.45. The third kappa shape index (κ3) is 3.36. The highest BCUT2D eigenvalue weighted by Crippen LogP contribution is 2.30. The second-order valence-electron chi connectivity index (χ2n) is 2.64. The van der Waals surface area contributed by atoms with Crippen LogP contribution in [0.1, 0.15) is 5.56 Å². The Morgan fingerprint density at radius 3 is 2.60 bits per heavy atom. The van der Waals surface area contributed by atoms with E-state index in [0.29, 0.717) is 4.90 Å². The number of thiol groups is 1. The predicted octanol–water partition coefficient (Wildman–Crippen LogP) is 2.94. The van der Waals surface area contributed by atoms with E-state index in [1.807, 2.05) is 0 Å². The van der Waals surface area contributed by atoms with Crippen LogP contribution in [0.4, 0.5) is 13.2 Å². The number of alkyl halides is 3. The molecule has 0 saturated carbocycles. The van der Waals surface area contributed by atoms with Crippen LogP contribution in [-0.2, 0) is 6.42 Å². The summed E-state index contributed by atoms with van der Waals surface area (Å²) in [6.07, 6.45) is -4.93. The maximum absolute atomic E-state index is 12.0. The number of ether oxygens (including phenoxy) is 1. The molecule has 0 radical (unpaired) electrons. The highest BCUT2D eigenvalue weighted by atomic mass is 32.1. The first-order valence-electron chi connectivity index (χ1n) is 3.87. The summed E-state index contributed by atoms with van der Waals surface area (Å²) in [6, 6.07) is 5.79. The second kappa shape index (κ2) is 4.45. The van der Waals surface area contributed by atoms with Crippen LogP contribution in [0.15, 0.2) is 23.1 Å². The second-order valence-corrected chi connectivity index (χ2v) is 3.12. The average Bonchev–Trinajstić information content (AvgIpc) is 2.08. The SMILES string of the molecule is N#CCc1c(S)cccc1OC(F)(F)F. The van der Waals surface area contributed by atoms with Gasteiger partial charge in [0.15, 0.2) is 0 Å². The monoisotopic (exact) mass is 233 g/mol. The van der Waals surface area contributed by atoms with Crippen LogP contribution in [0, 0.1) is 11.3 Å². The van der Waals surface area contributed by atoms with Gasteiger partial charge in [0, 0.05) is 10.5 Å². The number of hydrogen-bond donors (Lipinski definition) is 1. The molecule has 6 heteroatoms. The minimum Gasteiger partial charge on any atom is -0.405 e. The molecule has 0 atom stereocenters. The summed E-state index contributed by atoms with van der Waals surface area (Å²) in [7, 11) is 0. The van der Waals surface area contributed by atoms with E-state index < -0.39 is 6.36 Å². The summed E-state index contributed by atoms with van der Waals surface area (Å²) in [6.45, 7) is 0. The van der Waals surface area contributed by atoms with Crippen LogP contribution in [0.25, 0.3) is 0 Å². The van der Waals surface area contributed by atoms with Gasteiger partial charge >= 0.3 is 6.36 Å². The molecular weight excluding hydrogens is 227 g/mol. The molecule has 0 N–H and O–H groups in total. The zero-order valence-electron chi connectivity index (χ0n) is 7.38. The van der Waals surface area contributed by atoms with E-state index in [2.05, 4.69) is 17.4 Å². The summed E-state index contributed by atoms with van der Waals surface area (Å²) in [5.41, 5.74) is 0.139. The van der Waals surface area contributed by atoms with E-state index >= 15 is 0 Å². The number of halogens is 3. The molecule has 1 aromatic rings. The molecule has 0 heterocycles. The van der Waals surface area contributed by atoms with Crippen molar-refractivity contribution in [1.29, 1.82) is 5.26 Å². The Balaban J connectivity index is 3.07. The molecule has 1 rings (SSSR count). The fourth-order valence-corrected chi connectivity index (χ4v) is 1.31. The van der Waals surface area contributed by atoms with Gasteiger partial charge in [-0.15, -0.1) is 25.8 Å². The summed E-state index contributed by atoms with van der Waals surface area (Å²) in [5.74, 6) is -0.378. The molecule has 0 amide bonds. The lowest BCUT2D eigenvalue weighted by Crippen LogP contribution is -2.18. The molecule has 80 valence electrons. The van der Waals surface area contributed by atoms with Crippen LogP contribution in [0.2, 0.25) is 0 Å². The lowest BCUT2D eigenvalue weighted by molar-refractivity contribution is -0.274. The third-order valence-corrected chi connectivity index (χ3v) is 2.01. The molecule has 0 spiro atoms. The van der Waals surface area contributed by atoms with E-state index in [9.17, 15) is 13.2 Å². The molecule has 0 aromatic heterocycles. The molecule has 2 nitrogen and oxygen atoms in total. The van der Waals surface area contributed by atoms with Gasteiger partial charge in [-0.1, -0.05) is 6.07 Å². The van der Waals surface area contributed by atoms with E-state index in [0.717, 1.165) is 6.07 Å². The van der Waals surface area contributed by atoms with Crippen molar-refractivity contribution >= 4 is 12.6 Å². The lowest BCUT2D eigenvalue weighted by atomic mass is 10.1. The highest BCUT2D eigenvalue weighted by Gasteiger charge is 2.32. The molecule has 0 saturated heterocycles. The standard InChI is InChI=1S/C9H6F3NOS/c10-9(11,12)14-7-2-1-3-8(15)6(7)4-5-13/h1-3,15H,4H2. The fraction of sp³-hybridized carbons (Fsp3) is 0.222. The Bertz CT molecular complexity index is 397. The molecule has 0 bridgehead atoms. The Labute approximate surface area is 89.7 Å². The zero-order chi connectivity index (χ0) is 11.5. The molecule has 0 aliphatic carbocycles. The van der Waals surface area contributed by atoms with Crippen LogP contribution < -0.4 is 4.74 Å². The van der Waals surface area contributed by atoms with Crippen molar-refractivity contribution in [2.45, 2.75) is 17.7 Å². The van der Waals surface area contributed by atoms with Crippen LogP contribution >= 0.6 is 12.6 Å². The largest absolute Gasteiger partial charge is 0.573 e. The molecule has 15 heavy (non-hydrogen) atoms. The summed E-state index contributed by atoms with van der Waals surface area (Å²) < 4.78 is 39.7. The Morgan fingerprint density at radius 1 is 1.40 bits per heavy atom. The van der Waals surface area contributed by atoms with Crippen LogP contribution in [0.5, 0.6) is 5.75 Å². The average molecular weight is 233 g/mol. The maximum atomic E-state index is 12.0. The highest BCUT2D eigenvalue weighted by molar-refractivity contribution is 7.80. The van der Waals surface area contributed by atoms with Crippen LogP contribution in [-0.4, -0.2) is 6.36 Å². The molecule has 0 fully saturated rings. The van der Waals surface area contributed by atoms with Gasteiger partial charge in [-0.2, -0.15) is 5.26 Å². The number of benzene rings is 1. The van der Waals surface area contributed by atoms with Crippen molar-refractivity contribution in [1.82, 2.24) is 0 Å². The molecule has 0 aliphatic heterocycles. The number of rotatable bonds is 2. The quantitative estimate of drug-likeness (QED) is 0.796. The topological polar surface area (TPSA) is 33.0 Å². The first-order chi connectivity index (χ1) is 6.94. The van der Waals surface area contributed by atoms with E-state index in [1.54, 1.807) is 6.07 Å². The third-order valence-electron chi connectivity index (χ3n) is 1.59. The Hall–Kier alpha value is -1.35. The van der Waals surface area contributed by atoms with Gasteiger partial charge in [-0.3, -0.25) is 0 Å². The number of nitrogens with zero attached hydrogens (tertiary/aromatic N) is 1. The van der Waals surface area contributed by atoms with Crippen molar-refractivity contribution < 1.29 is 17.9 Å². The molecule has 0 aliphatic rings. The van der Waals surface area contributed by atoms with Crippen molar-refractivity contribution in [3.05, 3.63) is 23.8 Å². The zero-order valence-corrected chi connectivity index (χ0v) is 8.27. The van der Waals surface area contributed by atoms with Gasteiger partial charge in [-0.05, 0) is 12.1 Å². The summed E-state index contributed by atoms with van der Waals surface area (Å²) >= 11 is 3.95. The van der Waals surface area contributed by atoms with E-state index in [1.165, 1.54) is 12.1 Å². The van der Waals surface area contributed by atoms with Gasteiger partial charge in [-0.25, -0.2) is 0 Å². The Kier molecular flexibility index (Phi) is 3.48. The lowest BCUT2D eigenvalue weighted by Gasteiger charge is -2.12. The van der Waals surface area contributed by atoms with Gasteiger partial charge in [0.1, 0.15) is 5.75 Å². The maximum Gasteiger partial charge on any atom is 0.573 e.